The van der Waals surface area contributed by atoms with Gasteiger partial charge in [-0.1, -0.05) is 194 Å². The third-order valence-corrected chi connectivity index (χ3v) is 18.3. The van der Waals surface area contributed by atoms with Crippen LogP contribution >= 0.6 is 0 Å². The van der Waals surface area contributed by atoms with E-state index in [4.69, 9.17) is 8.83 Å². The quantitative estimate of drug-likeness (QED) is 0.165. The van der Waals surface area contributed by atoms with Gasteiger partial charge in [-0.3, -0.25) is 0 Å². The van der Waals surface area contributed by atoms with Crippen LogP contribution in [-0.4, -0.2) is 9.13 Å². The summed E-state index contributed by atoms with van der Waals surface area (Å²) in [5, 5.41) is 25.3. The zero-order chi connectivity index (χ0) is 54.7. The van der Waals surface area contributed by atoms with Crippen LogP contribution in [0.1, 0.15) is 0 Å². The summed E-state index contributed by atoms with van der Waals surface area (Å²) in [7, 11) is 0. The summed E-state index contributed by atoms with van der Waals surface area (Å²) in [5.74, 6) is 0. The number of fused-ring (bicyclic) bond motifs is 12. The van der Waals surface area contributed by atoms with Gasteiger partial charge in [0.1, 0.15) is 22.3 Å². The molecule has 16 aromatic carbocycles. The Morgan fingerprint density at radius 3 is 0.893 bits per heavy atom. The highest BCUT2D eigenvalue weighted by Gasteiger charge is 2.20. The number of para-hydroxylation sites is 4. The highest BCUT2D eigenvalue weighted by Crippen LogP contribution is 2.45. The Bertz CT molecular complexity index is 5620. The Balaban J connectivity index is 0.000000125. The molecule has 0 saturated heterocycles. The fourth-order valence-electron chi connectivity index (χ4n) is 14.5. The normalized spacial score (nSPS) is 12.3. The lowest BCUT2D eigenvalue weighted by atomic mass is 9.89. The highest BCUT2D eigenvalue weighted by molar-refractivity contribution is 6.27. The number of aromatic nitrogens is 2. The van der Waals surface area contributed by atoms with E-state index in [-0.39, 0.29) is 0 Å². The van der Waals surface area contributed by atoms with E-state index < -0.39 is 0 Å². The Kier molecular flexibility index (Phi) is 9.30. The molecule has 0 unspecified atom stereocenters. The van der Waals surface area contributed by atoms with Crippen LogP contribution in [-0.2, 0) is 0 Å². The molecule has 0 spiro atoms. The maximum atomic E-state index is 6.39. The van der Waals surface area contributed by atoms with Gasteiger partial charge in [0.05, 0.1) is 22.1 Å². The molecule has 84 heavy (non-hydrogen) atoms. The van der Waals surface area contributed by atoms with Crippen LogP contribution in [0.4, 0.5) is 0 Å². The van der Waals surface area contributed by atoms with Crippen LogP contribution in [0.25, 0.3) is 186 Å². The van der Waals surface area contributed by atoms with Crippen LogP contribution in [0, 0.1) is 0 Å². The SMILES string of the molecule is c1cc2ccc3ccc(-c4ccc5oc6ccc(-c7ccc8ccc9cccc%10ccc7c8c9%10)cc6c5c4)c4ccc(c1)c2c34.c1ccc2c(c1)c1ccccc1n2-c1ccc2oc3ccc(-n4c5ccccc5c5ccccc54)cc3c2c1. The van der Waals surface area contributed by atoms with Crippen molar-refractivity contribution in [3.63, 3.8) is 0 Å². The van der Waals surface area contributed by atoms with Gasteiger partial charge in [0, 0.05) is 54.5 Å². The highest BCUT2D eigenvalue weighted by atomic mass is 16.3. The molecule has 0 N–H and O–H groups in total. The zero-order valence-electron chi connectivity index (χ0n) is 45.3. The predicted octanol–water partition coefficient (Wildman–Crippen LogP) is 22.5. The lowest BCUT2D eigenvalue weighted by Crippen LogP contribution is -1.94. The molecule has 388 valence electrons. The number of furan rings is 2. The average molecular weight is 1070 g/mol. The molecule has 4 heteroatoms. The average Bonchev–Trinajstić information content (AvgIpc) is 4.04. The molecular formula is C80H46N2O2. The first-order chi connectivity index (χ1) is 41.6. The Labute approximate surface area is 480 Å². The van der Waals surface area contributed by atoms with Gasteiger partial charge in [0.2, 0.25) is 0 Å². The maximum Gasteiger partial charge on any atom is 0.135 e. The summed E-state index contributed by atoms with van der Waals surface area (Å²) in [6.45, 7) is 0. The van der Waals surface area contributed by atoms with E-state index >= 15 is 0 Å². The second kappa shape index (κ2) is 17.2. The van der Waals surface area contributed by atoms with E-state index in [1.165, 1.54) is 131 Å². The Morgan fingerprint density at radius 2 is 0.512 bits per heavy atom. The Morgan fingerprint density at radius 1 is 0.202 bits per heavy atom. The molecule has 0 fully saturated rings. The third-order valence-electron chi connectivity index (χ3n) is 18.3. The minimum absolute atomic E-state index is 0.897. The van der Waals surface area contributed by atoms with Crippen LogP contribution in [0.15, 0.2) is 288 Å². The van der Waals surface area contributed by atoms with E-state index in [0.29, 0.717) is 0 Å². The third kappa shape index (κ3) is 6.48. The molecule has 20 aromatic rings. The molecule has 0 radical (unpaired) electrons. The molecule has 0 atom stereocenters. The topological polar surface area (TPSA) is 36.1 Å². The van der Waals surface area contributed by atoms with Crippen molar-refractivity contribution in [2.24, 2.45) is 0 Å². The lowest BCUT2D eigenvalue weighted by Gasteiger charge is -2.14. The van der Waals surface area contributed by atoms with Gasteiger partial charge >= 0.3 is 0 Å². The summed E-state index contributed by atoms with van der Waals surface area (Å²) >= 11 is 0. The first-order valence-electron chi connectivity index (χ1n) is 28.9. The van der Waals surface area contributed by atoms with Crippen molar-refractivity contribution in [2.75, 3.05) is 0 Å². The fourth-order valence-corrected chi connectivity index (χ4v) is 14.5. The van der Waals surface area contributed by atoms with E-state index in [9.17, 15) is 0 Å². The second-order valence-electron chi connectivity index (χ2n) is 22.7. The monoisotopic (exact) mass is 1070 g/mol. The van der Waals surface area contributed by atoms with Gasteiger partial charge in [0.25, 0.3) is 0 Å². The predicted molar refractivity (Wildman–Crippen MR) is 354 cm³/mol. The number of nitrogens with zero attached hydrogens (tertiary/aromatic N) is 2. The number of hydrogen-bond donors (Lipinski definition) is 0. The van der Waals surface area contributed by atoms with Crippen molar-refractivity contribution < 1.29 is 8.83 Å². The van der Waals surface area contributed by atoms with E-state index in [1.807, 2.05) is 0 Å². The summed E-state index contributed by atoms with van der Waals surface area (Å²) < 4.78 is 17.4. The molecule has 4 heterocycles. The van der Waals surface area contributed by atoms with Gasteiger partial charge in [0.15, 0.2) is 0 Å². The van der Waals surface area contributed by atoms with Gasteiger partial charge in [-0.2, -0.15) is 0 Å². The summed E-state index contributed by atoms with van der Waals surface area (Å²) in [6.07, 6.45) is 0. The second-order valence-corrected chi connectivity index (χ2v) is 22.7. The number of hydrogen-bond acceptors (Lipinski definition) is 2. The van der Waals surface area contributed by atoms with Crippen molar-refractivity contribution in [1.82, 2.24) is 9.13 Å². The smallest absolute Gasteiger partial charge is 0.135 e. The molecule has 4 nitrogen and oxygen atoms in total. The van der Waals surface area contributed by atoms with E-state index in [0.717, 1.165) is 55.3 Å². The van der Waals surface area contributed by atoms with Crippen LogP contribution < -0.4 is 0 Å². The largest absolute Gasteiger partial charge is 0.456 e. The number of benzene rings is 16. The summed E-state index contributed by atoms with van der Waals surface area (Å²) in [5.41, 5.74) is 15.6. The Hall–Kier alpha value is -11.2. The standard InChI is InChI=1S/C44H24O.C36H22N2O/c1-3-25-7-9-29-11-17-33(35-19-13-27(5-1)41(25)43(29)35)31-15-21-39-37(23-31)38-24-32(16-22-40(38)45-39)34-18-12-30-10-8-26-4-2-6-28-14-20-36(34)44(30)42(26)28;1-5-13-31-25(9-1)26-10-2-6-14-32(26)37(31)23-17-19-35-29(21-23)30-22-24(18-20-36(30)39-35)38-33-15-7-3-11-27(33)28-12-4-8-16-34(28)38/h1-24H;1-22H. The minimum atomic E-state index is 0.897. The van der Waals surface area contributed by atoms with Crippen molar-refractivity contribution in [1.29, 1.82) is 0 Å². The first kappa shape index (κ1) is 45.5. The molecule has 0 aliphatic rings. The molecule has 4 aromatic heterocycles. The van der Waals surface area contributed by atoms with Crippen molar-refractivity contribution in [3.8, 4) is 33.6 Å². The van der Waals surface area contributed by atoms with Crippen molar-refractivity contribution in [2.45, 2.75) is 0 Å². The van der Waals surface area contributed by atoms with Gasteiger partial charge in [-0.15, -0.1) is 0 Å². The molecule has 0 bridgehead atoms. The molecule has 0 aliphatic heterocycles. The lowest BCUT2D eigenvalue weighted by molar-refractivity contribution is 0.668. The molecule has 0 saturated carbocycles. The molecule has 0 amide bonds. The van der Waals surface area contributed by atoms with Crippen molar-refractivity contribution in [3.05, 3.63) is 279 Å². The van der Waals surface area contributed by atoms with Gasteiger partial charge in [-0.05, 0) is 172 Å². The van der Waals surface area contributed by atoms with Crippen LogP contribution in [0.2, 0.25) is 0 Å². The zero-order valence-corrected chi connectivity index (χ0v) is 45.3. The van der Waals surface area contributed by atoms with Gasteiger partial charge < -0.3 is 18.0 Å². The molecular weight excluding hydrogens is 1020 g/mol. The number of rotatable bonds is 4. The van der Waals surface area contributed by atoms with Crippen LogP contribution in [0.3, 0.4) is 0 Å². The summed E-state index contributed by atoms with van der Waals surface area (Å²) in [4.78, 5) is 0. The molecule has 20 rings (SSSR count). The van der Waals surface area contributed by atoms with E-state index in [1.54, 1.807) is 0 Å². The van der Waals surface area contributed by atoms with Crippen molar-refractivity contribution >= 4 is 152 Å². The summed E-state index contributed by atoms with van der Waals surface area (Å²) in [6, 6.07) is 101. The first-order valence-corrected chi connectivity index (χ1v) is 28.9. The van der Waals surface area contributed by atoms with E-state index in [2.05, 4.69) is 288 Å². The fraction of sp³-hybridized carbons (Fsp3) is 0. The maximum absolute atomic E-state index is 6.39. The van der Waals surface area contributed by atoms with Gasteiger partial charge in [-0.25, -0.2) is 0 Å². The van der Waals surface area contributed by atoms with Crippen LogP contribution in [0.5, 0.6) is 0 Å². The minimum Gasteiger partial charge on any atom is -0.456 e. The molecule has 0 aliphatic carbocycles.